The van der Waals surface area contributed by atoms with Crippen LogP contribution in [-0.4, -0.2) is 37.7 Å². The van der Waals surface area contributed by atoms with E-state index in [1.165, 1.54) is 38.6 Å². The normalized spacial score (nSPS) is 36.9. The lowest BCUT2D eigenvalue weighted by Gasteiger charge is -2.43. The van der Waals surface area contributed by atoms with Crippen LogP contribution in [0, 0.1) is 29.1 Å². The van der Waals surface area contributed by atoms with E-state index in [-0.39, 0.29) is 5.92 Å². The van der Waals surface area contributed by atoms with E-state index in [1.54, 1.807) is 7.11 Å². The van der Waals surface area contributed by atoms with Gasteiger partial charge < -0.3 is 4.74 Å². The predicted octanol–water partition coefficient (Wildman–Crippen LogP) is 3.06. The number of piperidine rings is 1. The fourth-order valence-electron chi connectivity index (χ4n) is 3.93. The van der Waals surface area contributed by atoms with Crippen molar-refractivity contribution in [2.45, 2.75) is 51.5 Å². The first kappa shape index (κ1) is 14.8. The lowest BCUT2D eigenvalue weighted by Crippen LogP contribution is -2.49. The zero-order valence-electron chi connectivity index (χ0n) is 12.5. The third kappa shape index (κ3) is 3.70. The summed E-state index contributed by atoms with van der Waals surface area (Å²) in [5.41, 5.74) is 0. The third-order valence-corrected chi connectivity index (χ3v) is 5.09. The Balaban J connectivity index is 1.98. The Hall–Kier alpha value is -0.590. The van der Waals surface area contributed by atoms with E-state index in [9.17, 15) is 5.26 Å². The average molecular weight is 264 g/mol. The standard InChI is InChI=1S/C16H28N2O/c1-3-13-6-7-15(10-17)16(9-13)18-8-4-5-14(11-18)12-19-2/h13-16H,3-9,11-12H2,1-2H3. The zero-order chi connectivity index (χ0) is 13.7. The third-order valence-electron chi connectivity index (χ3n) is 5.09. The Morgan fingerprint density at radius 3 is 2.79 bits per heavy atom. The Bertz CT molecular complexity index is 310. The summed E-state index contributed by atoms with van der Waals surface area (Å²) in [6.45, 7) is 5.47. The lowest BCUT2D eigenvalue weighted by molar-refractivity contribution is 0.0344. The van der Waals surface area contributed by atoms with Gasteiger partial charge in [-0.15, -0.1) is 0 Å². The van der Waals surface area contributed by atoms with Gasteiger partial charge in [-0.2, -0.15) is 5.26 Å². The van der Waals surface area contributed by atoms with Gasteiger partial charge in [-0.1, -0.05) is 13.3 Å². The Morgan fingerprint density at radius 1 is 1.26 bits per heavy atom. The second-order valence-electron chi connectivity index (χ2n) is 6.35. The number of hydrogen-bond donors (Lipinski definition) is 0. The van der Waals surface area contributed by atoms with Crippen molar-refractivity contribution in [2.75, 3.05) is 26.8 Å². The molecule has 2 fully saturated rings. The van der Waals surface area contributed by atoms with Crippen molar-refractivity contribution in [3.63, 3.8) is 0 Å². The van der Waals surface area contributed by atoms with Gasteiger partial charge >= 0.3 is 0 Å². The molecule has 3 nitrogen and oxygen atoms in total. The summed E-state index contributed by atoms with van der Waals surface area (Å²) in [6, 6.07) is 3.07. The summed E-state index contributed by atoms with van der Waals surface area (Å²) >= 11 is 0. The fraction of sp³-hybridized carbons (Fsp3) is 0.938. The predicted molar refractivity (Wildman–Crippen MR) is 76.7 cm³/mol. The van der Waals surface area contributed by atoms with Crippen molar-refractivity contribution in [1.82, 2.24) is 4.90 Å². The van der Waals surface area contributed by atoms with Crippen LogP contribution in [0.15, 0.2) is 0 Å². The van der Waals surface area contributed by atoms with Gasteiger partial charge in [0.25, 0.3) is 0 Å². The highest BCUT2D eigenvalue weighted by atomic mass is 16.5. The van der Waals surface area contributed by atoms with Gasteiger partial charge in [0.05, 0.1) is 18.6 Å². The minimum absolute atomic E-state index is 0.254. The summed E-state index contributed by atoms with van der Waals surface area (Å²) in [7, 11) is 1.80. The molecular weight excluding hydrogens is 236 g/mol. The number of nitrogens with zero attached hydrogens (tertiary/aromatic N) is 2. The fourth-order valence-corrected chi connectivity index (χ4v) is 3.93. The van der Waals surface area contributed by atoms with E-state index in [1.807, 2.05) is 0 Å². The molecule has 2 rings (SSSR count). The molecule has 1 aliphatic heterocycles. The van der Waals surface area contributed by atoms with E-state index >= 15 is 0 Å². The molecule has 3 heteroatoms. The molecule has 0 spiro atoms. The van der Waals surface area contributed by atoms with Gasteiger partial charge in [0, 0.05) is 19.7 Å². The highest BCUT2D eigenvalue weighted by Gasteiger charge is 2.35. The van der Waals surface area contributed by atoms with E-state index in [4.69, 9.17) is 4.74 Å². The molecule has 0 aromatic rings. The Morgan fingerprint density at radius 2 is 2.11 bits per heavy atom. The van der Waals surface area contributed by atoms with Crippen molar-refractivity contribution in [1.29, 1.82) is 5.26 Å². The van der Waals surface area contributed by atoms with Gasteiger partial charge in [0.15, 0.2) is 0 Å². The molecule has 2 aliphatic rings. The largest absolute Gasteiger partial charge is 0.384 e. The Labute approximate surface area is 117 Å². The first-order valence-corrected chi connectivity index (χ1v) is 7.91. The topological polar surface area (TPSA) is 36.3 Å². The smallest absolute Gasteiger partial charge is 0.0672 e. The van der Waals surface area contributed by atoms with E-state index in [0.717, 1.165) is 25.5 Å². The molecule has 1 aliphatic carbocycles. The van der Waals surface area contributed by atoms with Crippen LogP contribution >= 0.6 is 0 Å². The van der Waals surface area contributed by atoms with Crippen LogP contribution in [0.3, 0.4) is 0 Å². The first-order valence-electron chi connectivity index (χ1n) is 7.91. The first-order chi connectivity index (χ1) is 9.28. The molecule has 0 aromatic heterocycles. The second kappa shape index (κ2) is 7.26. The maximum atomic E-state index is 9.42. The van der Waals surface area contributed by atoms with Crippen molar-refractivity contribution >= 4 is 0 Å². The summed E-state index contributed by atoms with van der Waals surface area (Å²) < 4.78 is 5.32. The lowest BCUT2D eigenvalue weighted by atomic mass is 9.76. The van der Waals surface area contributed by atoms with Crippen LogP contribution in [0.5, 0.6) is 0 Å². The summed E-state index contributed by atoms with van der Waals surface area (Å²) in [5, 5.41) is 9.42. The van der Waals surface area contributed by atoms with Crippen molar-refractivity contribution in [2.24, 2.45) is 17.8 Å². The number of methoxy groups -OCH3 is 1. The van der Waals surface area contributed by atoms with E-state index in [0.29, 0.717) is 12.0 Å². The second-order valence-corrected chi connectivity index (χ2v) is 6.35. The number of nitriles is 1. The van der Waals surface area contributed by atoms with Crippen LogP contribution in [-0.2, 0) is 4.74 Å². The quantitative estimate of drug-likeness (QED) is 0.783. The maximum absolute atomic E-state index is 9.42. The minimum atomic E-state index is 0.254. The molecule has 0 radical (unpaired) electrons. The highest BCUT2D eigenvalue weighted by molar-refractivity contribution is 4.98. The molecule has 108 valence electrons. The van der Waals surface area contributed by atoms with E-state index < -0.39 is 0 Å². The van der Waals surface area contributed by atoms with Crippen LogP contribution in [0.4, 0.5) is 0 Å². The van der Waals surface area contributed by atoms with Crippen molar-refractivity contribution in [3.8, 4) is 6.07 Å². The molecule has 4 atom stereocenters. The minimum Gasteiger partial charge on any atom is -0.384 e. The van der Waals surface area contributed by atoms with Crippen molar-refractivity contribution < 1.29 is 4.74 Å². The molecule has 4 unspecified atom stereocenters. The van der Waals surface area contributed by atoms with Gasteiger partial charge in [-0.05, 0) is 50.5 Å². The highest BCUT2D eigenvalue weighted by Crippen LogP contribution is 2.35. The maximum Gasteiger partial charge on any atom is 0.0672 e. The Kier molecular flexibility index (Phi) is 5.66. The molecule has 1 saturated heterocycles. The van der Waals surface area contributed by atoms with E-state index in [2.05, 4.69) is 17.9 Å². The molecule has 19 heavy (non-hydrogen) atoms. The van der Waals surface area contributed by atoms with Crippen LogP contribution < -0.4 is 0 Å². The summed E-state index contributed by atoms with van der Waals surface area (Å²) in [4.78, 5) is 2.60. The summed E-state index contributed by atoms with van der Waals surface area (Å²) in [6.07, 6.45) is 7.40. The average Bonchev–Trinajstić information content (AvgIpc) is 2.47. The number of likely N-dealkylation sites (tertiary alicyclic amines) is 1. The van der Waals surface area contributed by atoms with Gasteiger partial charge in [0.1, 0.15) is 0 Å². The molecular formula is C16H28N2O. The summed E-state index contributed by atoms with van der Waals surface area (Å²) in [5.74, 6) is 1.75. The monoisotopic (exact) mass is 264 g/mol. The van der Waals surface area contributed by atoms with Gasteiger partial charge in [-0.3, -0.25) is 4.90 Å². The SMILES string of the molecule is CCC1CCC(C#N)C(N2CCCC(COC)C2)C1. The number of ether oxygens (including phenoxy) is 1. The number of hydrogen-bond acceptors (Lipinski definition) is 3. The van der Waals surface area contributed by atoms with Crippen LogP contribution in [0.25, 0.3) is 0 Å². The molecule has 1 saturated carbocycles. The van der Waals surface area contributed by atoms with Gasteiger partial charge in [0.2, 0.25) is 0 Å². The molecule has 0 amide bonds. The number of rotatable bonds is 4. The van der Waals surface area contributed by atoms with Crippen LogP contribution in [0.1, 0.15) is 45.4 Å². The van der Waals surface area contributed by atoms with Gasteiger partial charge in [-0.25, -0.2) is 0 Å². The molecule has 1 heterocycles. The molecule has 0 aromatic carbocycles. The molecule has 0 N–H and O–H groups in total. The van der Waals surface area contributed by atoms with Crippen LogP contribution in [0.2, 0.25) is 0 Å². The van der Waals surface area contributed by atoms with Crippen molar-refractivity contribution in [3.05, 3.63) is 0 Å². The molecule has 0 bridgehead atoms. The zero-order valence-corrected chi connectivity index (χ0v) is 12.5.